The number of fused-ring (bicyclic) bond motifs is 1. The van der Waals surface area contributed by atoms with E-state index in [1.54, 1.807) is 0 Å². The third-order valence-corrected chi connectivity index (χ3v) is 4.52. The van der Waals surface area contributed by atoms with E-state index in [1.165, 1.54) is 6.07 Å². The summed E-state index contributed by atoms with van der Waals surface area (Å²) in [5, 5.41) is 2.06. The lowest BCUT2D eigenvalue weighted by Gasteiger charge is -2.22. The molecule has 3 aliphatic heterocycles. The number of hydrogen-bond donors (Lipinski definition) is 0. The summed E-state index contributed by atoms with van der Waals surface area (Å²) in [7, 11) is -3.53. The Morgan fingerprint density at radius 2 is 1.65 bits per heavy atom. The predicted molar refractivity (Wildman–Crippen MR) is 61.7 cm³/mol. The van der Waals surface area contributed by atoms with Crippen LogP contribution in [-0.4, -0.2) is 5.34 Å². The van der Waals surface area contributed by atoms with E-state index in [0.717, 1.165) is 10.5 Å². The Bertz CT molecular complexity index is 559. The first-order chi connectivity index (χ1) is 7.91. The van der Waals surface area contributed by atoms with Crippen molar-refractivity contribution < 1.29 is 18.4 Å². The SMILES string of the molecule is O=P12ON(O1)N(c1c(Cl)cc(Cl)c(Cl)c1Cl)O2. The third-order valence-electron chi connectivity index (χ3n) is 1.95. The predicted octanol–water partition coefficient (Wildman–Crippen LogP) is 4.25. The van der Waals surface area contributed by atoms with Gasteiger partial charge in [-0.15, -0.1) is 19.0 Å². The number of benzene rings is 1. The molecule has 0 spiro atoms. The Balaban J connectivity index is 2.10. The van der Waals surface area contributed by atoms with Crippen molar-refractivity contribution in [3.63, 3.8) is 0 Å². The van der Waals surface area contributed by atoms with Crippen LogP contribution in [0.25, 0.3) is 0 Å². The van der Waals surface area contributed by atoms with Crippen molar-refractivity contribution in [2.75, 3.05) is 5.17 Å². The maximum absolute atomic E-state index is 11.3. The van der Waals surface area contributed by atoms with Crippen LogP contribution in [0.1, 0.15) is 0 Å². The number of phosphoric acid groups is 1. The summed E-state index contributed by atoms with van der Waals surface area (Å²) in [4.78, 5) is 0. The second-order valence-corrected chi connectivity index (χ2v) is 5.97. The van der Waals surface area contributed by atoms with Crippen molar-refractivity contribution in [1.29, 1.82) is 0 Å². The summed E-state index contributed by atoms with van der Waals surface area (Å²) in [6, 6.07) is 1.36. The molecule has 0 N–H and O–H groups in total. The molecule has 17 heavy (non-hydrogen) atoms. The first-order valence-electron chi connectivity index (χ1n) is 4.03. The van der Waals surface area contributed by atoms with Crippen LogP contribution in [0, 0.1) is 0 Å². The fourth-order valence-corrected chi connectivity index (χ4v) is 3.18. The van der Waals surface area contributed by atoms with Gasteiger partial charge in [-0.05, 0) is 6.07 Å². The average molecular weight is 338 g/mol. The molecule has 11 heteroatoms. The van der Waals surface area contributed by atoms with E-state index >= 15 is 0 Å². The molecule has 0 aromatic heterocycles. The maximum Gasteiger partial charge on any atom is 0.538 e. The van der Waals surface area contributed by atoms with Gasteiger partial charge in [0.15, 0.2) is 0 Å². The van der Waals surface area contributed by atoms with Crippen molar-refractivity contribution in [3.8, 4) is 0 Å². The maximum atomic E-state index is 11.3. The van der Waals surface area contributed by atoms with Crippen LogP contribution < -0.4 is 5.17 Å². The Kier molecular flexibility index (Phi) is 2.80. The molecule has 0 aliphatic carbocycles. The molecule has 3 fully saturated rings. The van der Waals surface area contributed by atoms with Gasteiger partial charge in [0.05, 0.1) is 25.4 Å². The Morgan fingerprint density at radius 3 is 2.18 bits per heavy atom. The molecule has 3 aliphatic rings. The minimum Gasteiger partial charge on any atom is -0.222 e. The fourth-order valence-electron chi connectivity index (χ4n) is 1.25. The van der Waals surface area contributed by atoms with Gasteiger partial charge in [0.1, 0.15) is 5.69 Å². The minimum absolute atomic E-state index is 0.0247. The highest BCUT2D eigenvalue weighted by molar-refractivity contribution is 7.49. The Labute approximate surface area is 115 Å². The molecule has 0 unspecified atom stereocenters. The largest absolute Gasteiger partial charge is 0.538 e. The summed E-state index contributed by atoms with van der Waals surface area (Å²) in [6.45, 7) is 0. The van der Waals surface area contributed by atoms with Crippen molar-refractivity contribution in [3.05, 3.63) is 26.2 Å². The van der Waals surface area contributed by atoms with Gasteiger partial charge in [0.2, 0.25) is 0 Å². The third kappa shape index (κ3) is 1.76. The van der Waals surface area contributed by atoms with Crippen LogP contribution in [-0.2, 0) is 18.4 Å². The zero-order valence-corrected chi connectivity index (χ0v) is 11.5. The summed E-state index contributed by atoms with van der Waals surface area (Å²) < 4.78 is 25.5. The smallest absolute Gasteiger partial charge is 0.222 e. The van der Waals surface area contributed by atoms with Gasteiger partial charge in [0.25, 0.3) is 0 Å². The highest BCUT2D eigenvalue weighted by Crippen LogP contribution is 2.68. The van der Waals surface area contributed by atoms with Crippen LogP contribution in [0.2, 0.25) is 20.1 Å². The Morgan fingerprint density at radius 1 is 1.00 bits per heavy atom. The van der Waals surface area contributed by atoms with Gasteiger partial charge < -0.3 is 0 Å². The molecule has 0 radical (unpaired) electrons. The van der Waals surface area contributed by atoms with E-state index in [4.69, 9.17) is 51.0 Å². The number of rotatable bonds is 1. The van der Waals surface area contributed by atoms with E-state index < -0.39 is 7.82 Å². The topological polar surface area (TPSA) is 51.2 Å². The first kappa shape index (κ1) is 12.3. The monoisotopic (exact) mass is 336 g/mol. The Hall–Kier alpha value is 0.250. The van der Waals surface area contributed by atoms with E-state index in [1.807, 2.05) is 0 Å². The number of halogens is 4. The van der Waals surface area contributed by atoms with Gasteiger partial charge in [-0.3, -0.25) is 0 Å². The standard InChI is InChI=1S/C6HCl4N2O4P/c7-2-1-3(8)6(5(10)4(2)9)11-12-15-17(13,14-11)16-12/h1H. The van der Waals surface area contributed by atoms with Crippen molar-refractivity contribution in [1.82, 2.24) is 5.34 Å². The van der Waals surface area contributed by atoms with Crippen LogP contribution in [0.5, 0.6) is 0 Å². The lowest BCUT2D eigenvalue weighted by molar-refractivity contribution is -0.318. The van der Waals surface area contributed by atoms with Gasteiger partial charge in [-0.2, -0.15) is 0 Å². The lowest BCUT2D eigenvalue weighted by Crippen LogP contribution is -2.34. The van der Waals surface area contributed by atoms with Crippen LogP contribution in [0.15, 0.2) is 6.07 Å². The summed E-state index contributed by atoms with van der Waals surface area (Å²) in [6.07, 6.45) is 0. The van der Waals surface area contributed by atoms with Crippen LogP contribution >= 0.6 is 54.2 Å². The van der Waals surface area contributed by atoms with Crippen molar-refractivity contribution in [2.24, 2.45) is 0 Å². The molecule has 0 saturated carbocycles. The van der Waals surface area contributed by atoms with Gasteiger partial charge in [-0.1, -0.05) is 46.4 Å². The molecule has 4 rings (SSSR count). The zero-order chi connectivity index (χ0) is 12.4. The molecule has 0 amide bonds. The second kappa shape index (κ2) is 3.87. The van der Waals surface area contributed by atoms with E-state index in [2.05, 4.69) is 9.25 Å². The van der Waals surface area contributed by atoms with Crippen molar-refractivity contribution in [2.45, 2.75) is 0 Å². The number of hydrogen-bond acceptors (Lipinski definition) is 6. The molecule has 2 bridgehead atoms. The lowest BCUT2D eigenvalue weighted by atomic mass is 10.3. The van der Waals surface area contributed by atoms with Crippen LogP contribution in [0.3, 0.4) is 0 Å². The second-order valence-electron chi connectivity index (χ2n) is 3.02. The molecule has 0 atom stereocenters. The molecule has 92 valence electrons. The summed E-state index contributed by atoms with van der Waals surface area (Å²) in [5.74, 6) is 0. The summed E-state index contributed by atoms with van der Waals surface area (Å²) in [5.41, 5.74) is 0.123. The molecule has 6 nitrogen and oxygen atoms in total. The molecule has 1 aromatic carbocycles. The van der Waals surface area contributed by atoms with E-state index in [0.29, 0.717) is 0 Å². The number of nitrogens with zero attached hydrogens (tertiary/aromatic N) is 2. The van der Waals surface area contributed by atoms with Crippen LogP contribution in [0.4, 0.5) is 5.69 Å². The average Bonchev–Trinajstić information content (AvgIpc) is 2.67. The number of hydrazine groups is 1. The number of anilines is 1. The molecular weight excluding hydrogens is 337 g/mol. The van der Waals surface area contributed by atoms with Gasteiger partial charge in [-0.25, -0.2) is 4.57 Å². The summed E-state index contributed by atoms with van der Waals surface area (Å²) >= 11 is 23.5. The minimum atomic E-state index is -3.53. The fraction of sp³-hybridized carbons (Fsp3) is 0. The van der Waals surface area contributed by atoms with Gasteiger partial charge >= 0.3 is 7.82 Å². The first-order valence-corrected chi connectivity index (χ1v) is 7.01. The van der Waals surface area contributed by atoms with Gasteiger partial charge in [0, 0.05) is 0 Å². The molecule has 3 saturated heterocycles. The van der Waals surface area contributed by atoms with E-state index in [-0.39, 0.29) is 25.8 Å². The highest BCUT2D eigenvalue weighted by Gasteiger charge is 2.61. The molecular formula is C6HCl4N2O4P. The normalized spacial score (nSPS) is 30.6. The zero-order valence-electron chi connectivity index (χ0n) is 7.56. The molecule has 1 aromatic rings. The quantitative estimate of drug-likeness (QED) is 0.433. The van der Waals surface area contributed by atoms with Crippen molar-refractivity contribution >= 4 is 59.9 Å². The molecule has 3 heterocycles. The highest BCUT2D eigenvalue weighted by atomic mass is 35.5. The van der Waals surface area contributed by atoms with E-state index in [9.17, 15) is 4.57 Å².